The predicted octanol–water partition coefficient (Wildman–Crippen LogP) is 4.78. The minimum absolute atomic E-state index is 0.0222. The van der Waals surface area contributed by atoms with E-state index in [-0.39, 0.29) is 17.6 Å². The SMILES string of the molecule is O=C(NCc1cccc(CN2CCCCCC2)c1)C1CCN(Cc2nc(-c3ccc(F)cc3)no2)CC1. The molecule has 8 heteroatoms. The van der Waals surface area contributed by atoms with Gasteiger partial charge in [-0.25, -0.2) is 4.39 Å². The molecule has 2 aliphatic heterocycles. The summed E-state index contributed by atoms with van der Waals surface area (Å²) in [7, 11) is 0. The largest absolute Gasteiger partial charge is 0.352 e. The smallest absolute Gasteiger partial charge is 0.241 e. The molecule has 3 heterocycles. The highest BCUT2D eigenvalue weighted by Gasteiger charge is 2.26. The normalized spacial score (nSPS) is 18.0. The van der Waals surface area contributed by atoms with Crippen LogP contribution in [0.15, 0.2) is 53.1 Å². The van der Waals surface area contributed by atoms with Gasteiger partial charge in [0.15, 0.2) is 0 Å². The van der Waals surface area contributed by atoms with Crippen LogP contribution in [-0.4, -0.2) is 52.0 Å². The Balaban J connectivity index is 1.05. The summed E-state index contributed by atoms with van der Waals surface area (Å²) in [5.41, 5.74) is 3.20. The van der Waals surface area contributed by atoms with Crippen molar-refractivity contribution in [2.45, 2.75) is 58.2 Å². The summed E-state index contributed by atoms with van der Waals surface area (Å²) in [6, 6.07) is 14.7. The first kappa shape index (κ1) is 25.5. The van der Waals surface area contributed by atoms with Gasteiger partial charge in [-0.1, -0.05) is 42.3 Å². The van der Waals surface area contributed by atoms with Crippen LogP contribution in [0.2, 0.25) is 0 Å². The van der Waals surface area contributed by atoms with Crippen molar-refractivity contribution in [2.24, 2.45) is 5.92 Å². The predicted molar refractivity (Wildman–Crippen MR) is 140 cm³/mol. The molecule has 1 N–H and O–H groups in total. The van der Waals surface area contributed by atoms with E-state index in [0.29, 0.717) is 24.8 Å². The van der Waals surface area contributed by atoms with Crippen molar-refractivity contribution >= 4 is 5.91 Å². The molecule has 2 fully saturated rings. The number of amides is 1. The Morgan fingerprint density at radius 2 is 1.62 bits per heavy atom. The molecule has 2 aliphatic rings. The Bertz CT molecular complexity index is 1150. The Labute approximate surface area is 218 Å². The van der Waals surface area contributed by atoms with Gasteiger partial charge in [0.05, 0.1) is 6.54 Å². The number of hydrogen-bond acceptors (Lipinski definition) is 6. The summed E-state index contributed by atoms with van der Waals surface area (Å²) in [5, 5.41) is 7.18. The number of likely N-dealkylation sites (tertiary alicyclic amines) is 2. The Kier molecular flexibility index (Phi) is 8.58. The quantitative estimate of drug-likeness (QED) is 0.475. The molecule has 0 unspecified atom stereocenters. The van der Waals surface area contributed by atoms with Gasteiger partial charge < -0.3 is 9.84 Å². The molecule has 196 valence electrons. The van der Waals surface area contributed by atoms with Crippen molar-refractivity contribution in [3.05, 3.63) is 71.4 Å². The van der Waals surface area contributed by atoms with Crippen LogP contribution in [0.3, 0.4) is 0 Å². The van der Waals surface area contributed by atoms with Crippen LogP contribution in [0.25, 0.3) is 11.4 Å². The van der Waals surface area contributed by atoms with Gasteiger partial charge in [0.25, 0.3) is 0 Å². The zero-order chi connectivity index (χ0) is 25.5. The maximum atomic E-state index is 13.1. The summed E-state index contributed by atoms with van der Waals surface area (Å²) < 4.78 is 18.5. The van der Waals surface area contributed by atoms with Crippen LogP contribution in [0, 0.1) is 11.7 Å². The number of benzene rings is 2. The topological polar surface area (TPSA) is 74.5 Å². The number of nitrogens with zero attached hydrogens (tertiary/aromatic N) is 4. The molecule has 5 rings (SSSR count). The van der Waals surface area contributed by atoms with Gasteiger partial charge in [-0.3, -0.25) is 14.6 Å². The fourth-order valence-corrected chi connectivity index (χ4v) is 5.30. The van der Waals surface area contributed by atoms with E-state index >= 15 is 0 Å². The molecule has 2 saturated heterocycles. The van der Waals surface area contributed by atoms with E-state index in [9.17, 15) is 9.18 Å². The monoisotopic (exact) mass is 505 g/mol. The number of nitrogens with one attached hydrogen (secondary N) is 1. The molecule has 0 radical (unpaired) electrons. The van der Waals surface area contributed by atoms with Crippen molar-refractivity contribution in [2.75, 3.05) is 26.2 Å². The third-order valence-corrected chi connectivity index (χ3v) is 7.45. The van der Waals surface area contributed by atoms with Gasteiger partial charge in [-0.2, -0.15) is 4.98 Å². The Morgan fingerprint density at radius 3 is 2.38 bits per heavy atom. The van der Waals surface area contributed by atoms with E-state index in [1.54, 1.807) is 12.1 Å². The second kappa shape index (κ2) is 12.4. The molecule has 7 nitrogen and oxygen atoms in total. The number of hydrogen-bond donors (Lipinski definition) is 1. The van der Waals surface area contributed by atoms with Gasteiger partial charge in [0.1, 0.15) is 5.82 Å². The van der Waals surface area contributed by atoms with E-state index < -0.39 is 0 Å². The van der Waals surface area contributed by atoms with Gasteiger partial charge in [-0.05, 0) is 87.3 Å². The maximum Gasteiger partial charge on any atom is 0.241 e. The molecule has 37 heavy (non-hydrogen) atoms. The summed E-state index contributed by atoms with van der Waals surface area (Å²) in [6.07, 6.45) is 6.88. The van der Waals surface area contributed by atoms with Crippen molar-refractivity contribution in [3.63, 3.8) is 0 Å². The van der Waals surface area contributed by atoms with Crippen LogP contribution >= 0.6 is 0 Å². The van der Waals surface area contributed by atoms with Crippen LogP contribution in [-0.2, 0) is 24.4 Å². The fourth-order valence-electron chi connectivity index (χ4n) is 5.30. The van der Waals surface area contributed by atoms with E-state index in [0.717, 1.165) is 43.6 Å². The highest BCUT2D eigenvalue weighted by Crippen LogP contribution is 2.21. The van der Waals surface area contributed by atoms with Crippen molar-refractivity contribution in [1.29, 1.82) is 0 Å². The molecule has 0 atom stereocenters. The van der Waals surface area contributed by atoms with E-state index in [1.165, 1.54) is 56.5 Å². The van der Waals surface area contributed by atoms with Gasteiger partial charge in [0, 0.05) is 24.6 Å². The fraction of sp³-hybridized carbons (Fsp3) is 0.483. The lowest BCUT2D eigenvalue weighted by Gasteiger charge is -2.30. The zero-order valence-corrected chi connectivity index (χ0v) is 21.4. The molecular weight excluding hydrogens is 469 g/mol. The third kappa shape index (κ3) is 7.23. The number of rotatable bonds is 8. The highest BCUT2D eigenvalue weighted by atomic mass is 19.1. The lowest BCUT2D eigenvalue weighted by molar-refractivity contribution is -0.126. The second-order valence-electron chi connectivity index (χ2n) is 10.3. The van der Waals surface area contributed by atoms with Crippen LogP contribution in [0.4, 0.5) is 4.39 Å². The minimum Gasteiger partial charge on any atom is -0.352 e. The summed E-state index contributed by atoms with van der Waals surface area (Å²) in [5.74, 6) is 0.848. The summed E-state index contributed by atoms with van der Waals surface area (Å²) in [6.45, 7) is 6.08. The van der Waals surface area contributed by atoms with Crippen LogP contribution in [0.5, 0.6) is 0 Å². The first-order valence-electron chi connectivity index (χ1n) is 13.5. The molecule has 1 aromatic heterocycles. The lowest BCUT2D eigenvalue weighted by Crippen LogP contribution is -2.40. The summed E-state index contributed by atoms with van der Waals surface area (Å²) in [4.78, 5) is 22.1. The summed E-state index contributed by atoms with van der Waals surface area (Å²) >= 11 is 0. The van der Waals surface area contributed by atoms with Crippen molar-refractivity contribution in [3.8, 4) is 11.4 Å². The Morgan fingerprint density at radius 1 is 0.919 bits per heavy atom. The number of carbonyl (C=O) groups excluding carboxylic acids is 1. The number of aromatic nitrogens is 2. The van der Waals surface area contributed by atoms with Gasteiger partial charge >= 0.3 is 0 Å². The van der Waals surface area contributed by atoms with E-state index in [1.807, 2.05) is 0 Å². The van der Waals surface area contributed by atoms with Crippen molar-refractivity contribution < 1.29 is 13.7 Å². The van der Waals surface area contributed by atoms with Crippen LogP contribution < -0.4 is 5.32 Å². The molecular formula is C29H36FN5O2. The van der Waals surface area contributed by atoms with Crippen molar-refractivity contribution in [1.82, 2.24) is 25.3 Å². The third-order valence-electron chi connectivity index (χ3n) is 7.45. The zero-order valence-electron chi connectivity index (χ0n) is 21.4. The minimum atomic E-state index is -0.295. The molecule has 0 aliphatic carbocycles. The molecule has 3 aromatic rings. The molecule has 0 spiro atoms. The number of halogens is 1. The maximum absolute atomic E-state index is 13.1. The number of carbonyl (C=O) groups is 1. The van der Waals surface area contributed by atoms with E-state index in [2.05, 4.69) is 49.5 Å². The Hall–Kier alpha value is -3.10. The average molecular weight is 506 g/mol. The standard InChI is InChI=1S/C29H36FN5O2/c30-26-10-8-24(9-11-26)28-32-27(37-33-28)21-35-16-12-25(13-17-35)29(36)31-19-22-6-5-7-23(18-22)20-34-14-3-1-2-4-15-34/h5-11,18,25H,1-4,12-17,19-21H2,(H,31,36). The first-order valence-corrected chi connectivity index (χ1v) is 13.5. The van der Waals surface area contributed by atoms with Gasteiger partial charge in [-0.15, -0.1) is 0 Å². The van der Waals surface area contributed by atoms with Gasteiger partial charge in [0.2, 0.25) is 17.6 Å². The molecule has 0 bridgehead atoms. The average Bonchev–Trinajstić information content (AvgIpc) is 3.23. The van der Waals surface area contributed by atoms with Crippen LogP contribution in [0.1, 0.15) is 55.5 Å². The molecule has 1 amide bonds. The molecule has 0 saturated carbocycles. The second-order valence-corrected chi connectivity index (χ2v) is 10.3. The highest BCUT2D eigenvalue weighted by molar-refractivity contribution is 5.78. The lowest BCUT2D eigenvalue weighted by atomic mass is 9.96. The number of piperidine rings is 1. The molecule has 2 aromatic carbocycles. The first-order chi connectivity index (χ1) is 18.1. The van der Waals surface area contributed by atoms with E-state index in [4.69, 9.17) is 4.52 Å².